The van der Waals surface area contributed by atoms with Crippen molar-refractivity contribution in [2.75, 3.05) is 13.7 Å². The van der Waals surface area contributed by atoms with Gasteiger partial charge in [-0.1, -0.05) is 35.9 Å². The van der Waals surface area contributed by atoms with Crippen LogP contribution in [0.15, 0.2) is 82.5 Å². The number of nitrogens with zero attached hydrogens (tertiary/aromatic N) is 1. The van der Waals surface area contributed by atoms with Gasteiger partial charge in [-0.05, 0) is 79.2 Å². The van der Waals surface area contributed by atoms with Gasteiger partial charge in [0, 0.05) is 24.2 Å². The van der Waals surface area contributed by atoms with Crippen LogP contribution in [0, 0.1) is 13.8 Å². The molecule has 0 atom stereocenters. The second-order valence-corrected chi connectivity index (χ2v) is 10.3. The summed E-state index contributed by atoms with van der Waals surface area (Å²) in [7, 11) is -2.33. The summed E-state index contributed by atoms with van der Waals surface area (Å²) in [4.78, 5) is 15.9. The fourth-order valence-electron chi connectivity index (χ4n) is 4.00. The molecule has 1 N–H and O–H groups in total. The molecule has 0 unspecified atom stereocenters. The predicted molar refractivity (Wildman–Crippen MR) is 135 cm³/mol. The lowest BCUT2D eigenvalue weighted by Gasteiger charge is -2.23. The largest absolute Gasteiger partial charge is 0.497 e. The fraction of sp³-hybridized carbons (Fsp3) is 0.222. The maximum atomic E-state index is 13.6. The van der Waals surface area contributed by atoms with Gasteiger partial charge in [0.05, 0.1) is 12.0 Å². The normalized spacial score (nSPS) is 11.8. The van der Waals surface area contributed by atoms with Crippen LogP contribution in [0.5, 0.6) is 5.75 Å². The first kappa shape index (κ1) is 23.7. The van der Waals surface area contributed by atoms with E-state index in [1.807, 2.05) is 56.3 Å². The van der Waals surface area contributed by atoms with E-state index in [2.05, 4.69) is 4.98 Å². The Balaban J connectivity index is 1.72. The standard InChI is InChI=1S/C27H28N2O4S/c1-19-8-13-26-22(16-19)17-23(27(30)28-26)18-29(15-14-21-7-5-4-6-20(21)2)34(31,32)25-11-9-24(33-3)10-12-25/h4-13,16-17H,14-15,18H2,1-3H3,(H,28,30). The number of aryl methyl sites for hydroxylation is 2. The highest BCUT2D eigenvalue weighted by molar-refractivity contribution is 7.89. The lowest BCUT2D eigenvalue weighted by atomic mass is 10.1. The molecular formula is C27H28N2O4S. The third-order valence-corrected chi connectivity index (χ3v) is 7.87. The number of sulfonamides is 1. The molecule has 0 spiro atoms. The zero-order valence-corrected chi connectivity index (χ0v) is 20.4. The fourth-order valence-corrected chi connectivity index (χ4v) is 5.41. The summed E-state index contributed by atoms with van der Waals surface area (Å²) in [6.07, 6.45) is 0.534. The Hall–Kier alpha value is -3.42. The van der Waals surface area contributed by atoms with Crippen molar-refractivity contribution in [3.05, 3.63) is 105 Å². The molecule has 0 bridgehead atoms. The minimum absolute atomic E-state index is 0.0283. The molecule has 4 aromatic rings. The minimum atomic E-state index is -3.86. The lowest BCUT2D eigenvalue weighted by Crippen LogP contribution is -2.34. The summed E-state index contributed by atoms with van der Waals surface area (Å²) < 4.78 is 33.8. The summed E-state index contributed by atoms with van der Waals surface area (Å²) in [6.45, 7) is 4.20. The molecule has 0 saturated heterocycles. The number of hydrogen-bond acceptors (Lipinski definition) is 4. The molecule has 34 heavy (non-hydrogen) atoms. The number of H-pyrrole nitrogens is 1. The van der Waals surface area contributed by atoms with Gasteiger partial charge in [0.25, 0.3) is 5.56 Å². The van der Waals surface area contributed by atoms with Crippen LogP contribution in [0.1, 0.15) is 22.3 Å². The first-order valence-corrected chi connectivity index (χ1v) is 12.5. The second-order valence-electron chi connectivity index (χ2n) is 8.41. The summed E-state index contributed by atoms with van der Waals surface area (Å²) >= 11 is 0. The van der Waals surface area contributed by atoms with E-state index in [-0.39, 0.29) is 23.5 Å². The highest BCUT2D eigenvalue weighted by atomic mass is 32.2. The first-order chi connectivity index (χ1) is 16.3. The van der Waals surface area contributed by atoms with E-state index in [0.717, 1.165) is 27.6 Å². The molecular weight excluding hydrogens is 448 g/mol. The van der Waals surface area contributed by atoms with E-state index in [1.165, 1.54) is 23.5 Å². The molecule has 0 saturated carbocycles. The van der Waals surface area contributed by atoms with Gasteiger partial charge in [0.1, 0.15) is 5.75 Å². The second kappa shape index (κ2) is 9.83. The first-order valence-electron chi connectivity index (χ1n) is 11.1. The van der Waals surface area contributed by atoms with Gasteiger partial charge in [-0.25, -0.2) is 8.42 Å². The Labute approximate surface area is 199 Å². The van der Waals surface area contributed by atoms with Crippen LogP contribution in [0.25, 0.3) is 10.9 Å². The van der Waals surface area contributed by atoms with Gasteiger partial charge in [-0.15, -0.1) is 0 Å². The van der Waals surface area contributed by atoms with Crippen LogP contribution in [0.2, 0.25) is 0 Å². The molecule has 7 heteroatoms. The SMILES string of the molecule is COc1ccc(S(=O)(=O)N(CCc2ccccc2C)Cc2cc3cc(C)ccc3[nH]c2=O)cc1. The van der Waals surface area contributed by atoms with E-state index in [4.69, 9.17) is 4.74 Å². The van der Waals surface area contributed by atoms with Crippen LogP contribution in [-0.2, 0) is 23.0 Å². The summed E-state index contributed by atoms with van der Waals surface area (Å²) in [5, 5.41) is 0.871. The summed E-state index contributed by atoms with van der Waals surface area (Å²) in [5.41, 5.74) is 4.07. The molecule has 1 heterocycles. The third kappa shape index (κ3) is 5.05. The average molecular weight is 477 g/mol. The van der Waals surface area contributed by atoms with Gasteiger partial charge in [0.15, 0.2) is 0 Å². The van der Waals surface area contributed by atoms with Crippen molar-refractivity contribution in [3.8, 4) is 5.75 Å². The van der Waals surface area contributed by atoms with E-state index in [1.54, 1.807) is 18.2 Å². The van der Waals surface area contributed by atoms with E-state index in [0.29, 0.717) is 17.7 Å². The average Bonchev–Trinajstić information content (AvgIpc) is 2.83. The number of ether oxygens (including phenoxy) is 1. The molecule has 176 valence electrons. The Morgan fingerprint density at radius 1 is 0.912 bits per heavy atom. The molecule has 3 aromatic carbocycles. The number of nitrogens with one attached hydrogen (secondary N) is 1. The zero-order valence-electron chi connectivity index (χ0n) is 19.5. The number of rotatable bonds is 8. The third-order valence-electron chi connectivity index (χ3n) is 6.01. The van der Waals surface area contributed by atoms with E-state index >= 15 is 0 Å². The molecule has 4 rings (SSSR count). The molecule has 0 aliphatic rings. The smallest absolute Gasteiger partial charge is 0.252 e. The van der Waals surface area contributed by atoms with E-state index < -0.39 is 10.0 Å². The minimum Gasteiger partial charge on any atom is -0.497 e. The van der Waals surface area contributed by atoms with Crippen molar-refractivity contribution in [1.29, 1.82) is 0 Å². The van der Waals surface area contributed by atoms with Crippen LogP contribution in [0.4, 0.5) is 0 Å². The van der Waals surface area contributed by atoms with Gasteiger partial charge in [-0.3, -0.25) is 4.79 Å². The number of hydrogen-bond donors (Lipinski definition) is 1. The molecule has 0 amide bonds. The van der Waals surface area contributed by atoms with Crippen LogP contribution in [-0.4, -0.2) is 31.4 Å². The molecule has 0 aliphatic heterocycles. The Kier molecular flexibility index (Phi) is 6.86. The molecule has 6 nitrogen and oxygen atoms in total. The molecule has 0 fully saturated rings. The van der Waals surface area contributed by atoms with Crippen molar-refractivity contribution in [3.63, 3.8) is 0 Å². The Morgan fingerprint density at radius 2 is 1.65 bits per heavy atom. The van der Waals surface area contributed by atoms with Crippen molar-refractivity contribution in [2.24, 2.45) is 0 Å². The van der Waals surface area contributed by atoms with Crippen LogP contribution >= 0.6 is 0 Å². The van der Waals surface area contributed by atoms with E-state index in [9.17, 15) is 13.2 Å². The maximum Gasteiger partial charge on any atom is 0.252 e. The zero-order chi connectivity index (χ0) is 24.3. The number of methoxy groups -OCH3 is 1. The van der Waals surface area contributed by atoms with Crippen LogP contribution < -0.4 is 10.3 Å². The highest BCUT2D eigenvalue weighted by Crippen LogP contribution is 2.23. The number of pyridine rings is 1. The van der Waals surface area contributed by atoms with Crippen molar-refractivity contribution in [1.82, 2.24) is 9.29 Å². The van der Waals surface area contributed by atoms with Crippen molar-refractivity contribution >= 4 is 20.9 Å². The van der Waals surface area contributed by atoms with Crippen molar-refractivity contribution in [2.45, 2.75) is 31.7 Å². The van der Waals surface area contributed by atoms with Gasteiger partial charge in [0.2, 0.25) is 10.0 Å². The summed E-state index contributed by atoms with van der Waals surface area (Å²) in [5.74, 6) is 0.576. The monoisotopic (exact) mass is 476 g/mol. The lowest BCUT2D eigenvalue weighted by molar-refractivity contribution is 0.406. The number of aromatic amines is 1. The summed E-state index contributed by atoms with van der Waals surface area (Å²) in [6, 6.07) is 21.8. The van der Waals surface area contributed by atoms with Gasteiger partial charge < -0.3 is 9.72 Å². The number of aromatic nitrogens is 1. The Bertz CT molecular complexity index is 1480. The quantitative estimate of drug-likeness (QED) is 0.404. The molecule has 1 aromatic heterocycles. The maximum absolute atomic E-state index is 13.6. The van der Waals surface area contributed by atoms with Gasteiger partial charge in [-0.2, -0.15) is 4.31 Å². The molecule has 0 aliphatic carbocycles. The van der Waals surface area contributed by atoms with Crippen molar-refractivity contribution < 1.29 is 13.2 Å². The highest BCUT2D eigenvalue weighted by Gasteiger charge is 2.26. The Morgan fingerprint density at radius 3 is 2.35 bits per heavy atom. The predicted octanol–water partition coefficient (Wildman–Crippen LogP) is 4.59. The van der Waals surface area contributed by atoms with Crippen LogP contribution in [0.3, 0.4) is 0 Å². The molecule has 0 radical (unpaired) electrons. The number of fused-ring (bicyclic) bond motifs is 1. The topological polar surface area (TPSA) is 79.5 Å². The number of benzene rings is 3. The van der Waals surface area contributed by atoms with Gasteiger partial charge >= 0.3 is 0 Å².